The summed E-state index contributed by atoms with van der Waals surface area (Å²) in [6, 6.07) is 2.40. The Bertz CT molecular complexity index is 361. The van der Waals surface area contributed by atoms with E-state index in [1.165, 1.54) is 0 Å². The van der Waals surface area contributed by atoms with Crippen molar-refractivity contribution in [1.82, 2.24) is 9.88 Å². The zero-order valence-electron chi connectivity index (χ0n) is 9.41. The van der Waals surface area contributed by atoms with Crippen LogP contribution in [0, 0.1) is 0 Å². The molecule has 0 radical (unpaired) electrons. The van der Waals surface area contributed by atoms with Crippen molar-refractivity contribution in [2.24, 2.45) is 0 Å². The first-order valence-corrected chi connectivity index (χ1v) is 6.30. The Balaban J connectivity index is 1.98. The Morgan fingerprint density at radius 2 is 2.19 bits per heavy atom. The molecule has 5 heteroatoms. The van der Waals surface area contributed by atoms with Crippen LogP contribution in [-0.2, 0) is 0 Å². The Morgan fingerprint density at radius 3 is 2.81 bits per heavy atom. The molecule has 0 aromatic carbocycles. The van der Waals surface area contributed by atoms with Crippen molar-refractivity contribution in [2.75, 3.05) is 31.2 Å². The first kappa shape index (κ1) is 11.7. The zero-order valence-corrected chi connectivity index (χ0v) is 11.0. The number of likely N-dealkylation sites (tertiary alicyclic amines) is 1. The molecule has 88 valence electrons. The van der Waals surface area contributed by atoms with Gasteiger partial charge in [-0.05, 0) is 55.0 Å². The molecule has 16 heavy (non-hydrogen) atoms. The molecule has 1 saturated heterocycles. The Hall–Kier alpha value is -0.810. The predicted octanol–water partition coefficient (Wildman–Crippen LogP) is 1.93. The summed E-state index contributed by atoms with van der Waals surface area (Å²) in [6.45, 7) is 2.29. The maximum Gasteiger partial charge on any atom is 0.140 e. The molecule has 2 rings (SSSR count). The summed E-state index contributed by atoms with van der Waals surface area (Å²) in [6.07, 6.45) is 4.01. The van der Waals surface area contributed by atoms with Gasteiger partial charge in [-0.1, -0.05) is 0 Å². The van der Waals surface area contributed by atoms with Gasteiger partial charge in [0.05, 0.1) is 16.4 Å². The number of rotatable bonds is 2. The lowest BCUT2D eigenvalue weighted by Crippen LogP contribution is -2.36. The standard InChI is InChI=1S/C11H17BrN4/c1-16-4-2-9(3-5-16)15-11-10(12)6-8(13)7-14-11/h6-7,9H,2-5,13H2,1H3,(H,14,15). The molecular weight excluding hydrogens is 268 g/mol. The molecule has 0 saturated carbocycles. The fourth-order valence-electron chi connectivity index (χ4n) is 1.91. The van der Waals surface area contributed by atoms with Crippen molar-refractivity contribution in [2.45, 2.75) is 18.9 Å². The van der Waals surface area contributed by atoms with Gasteiger partial charge in [0.15, 0.2) is 0 Å². The smallest absolute Gasteiger partial charge is 0.140 e. The molecule has 1 aromatic heterocycles. The van der Waals surface area contributed by atoms with Crippen molar-refractivity contribution < 1.29 is 0 Å². The van der Waals surface area contributed by atoms with Gasteiger partial charge in [-0.2, -0.15) is 0 Å². The van der Waals surface area contributed by atoms with E-state index in [4.69, 9.17) is 5.73 Å². The molecule has 1 aliphatic heterocycles. The summed E-state index contributed by atoms with van der Waals surface area (Å²) in [5.41, 5.74) is 6.33. The third kappa shape index (κ3) is 2.86. The Kier molecular flexibility index (Phi) is 3.66. The van der Waals surface area contributed by atoms with E-state index in [2.05, 4.69) is 38.2 Å². The summed E-state index contributed by atoms with van der Waals surface area (Å²) in [4.78, 5) is 6.65. The van der Waals surface area contributed by atoms with Crippen LogP contribution >= 0.6 is 15.9 Å². The van der Waals surface area contributed by atoms with Crippen molar-refractivity contribution in [3.05, 3.63) is 16.7 Å². The second kappa shape index (κ2) is 5.01. The average Bonchev–Trinajstić information content (AvgIpc) is 2.25. The number of hydrogen-bond acceptors (Lipinski definition) is 4. The number of nitrogens with two attached hydrogens (primary N) is 1. The van der Waals surface area contributed by atoms with Gasteiger partial charge in [0.25, 0.3) is 0 Å². The number of pyridine rings is 1. The van der Waals surface area contributed by atoms with Crippen molar-refractivity contribution in [3.8, 4) is 0 Å². The summed E-state index contributed by atoms with van der Waals surface area (Å²) in [7, 11) is 2.16. The van der Waals surface area contributed by atoms with Gasteiger partial charge < -0.3 is 16.0 Å². The number of aromatic nitrogens is 1. The molecule has 0 spiro atoms. The predicted molar refractivity (Wildman–Crippen MR) is 70.5 cm³/mol. The molecule has 1 aliphatic rings. The van der Waals surface area contributed by atoms with Crippen molar-refractivity contribution in [1.29, 1.82) is 0 Å². The van der Waals surface area contributed by atoms with Gasteiger partial charge >= 0.3 is 0 Å². The van der Waals surface area contributed by atoms with E-state index < -0.39 is 0 Å². The number of hydrogen-bond donors (Lipinski definition) is 2. The van der Waals surface area contributed by atoms with Gasteiger partial charge in [-0.15, -0.1) is 0 Å². The van der Waals surface area contributed by atoms with Crippen LogP contribution in [0.15, 0.2) is 16.7 Å². The number of piperidine rings is 1. The molecule has 1 fully saturated rings. The molecule has 0 unspecified atom stereocenters. The molecule has 0 aliphatic carbocycles. The molecule has 0 bridgehead atoms. The fraction of sp³-hybridized carbons (Fsp3) is 0.545. The van der Waals surface area contributed by atoms with Gasteiger partial charge in [0.2, 0.25) is 0 Å². The normalized spacial score (nSPS) is 18.6. The van der Waals surface area contributed by atoms with Crippen LogP contribution < -0.4 is 11.1 Å². The van der Waals surface area contributed by atoms with Crippen LogP contribution in [0.1, 0.15) is 12.8 Å². The largest absolute Gasteiger partial charge is 0.397 e. The monoisotopic (exact) mass is 284 g/mol. The third-order valence-corrected chi connectivity index (χ3v) is 3.53. The van der Waals surface area contributed by atoms with Gasteiger partial charge in [-0.3, -0.25) is 0 Å². The van der Waals surface area contributed by atoms with Gasteiger partial charge in [0, 0.05) is 6.04 Å². The minimum atomic E-state index is 0.517. The molecule has 3 N–H and O–H groups in total. The SMILES string of the molecule is CN1CCC(Nc2ncc(N)cc2Br)CC1. The second-order valence-electron chi connectivity index (χ2n) is 4.32. The Morgan fingerprint density at radius 1 is 1.50 bits per heavy atom. The number of halogens is 1. The summed E-state index contributed by atoms with van der Waals surface area (Å²) < 4.78 is 0.937. The first-order chi connectivity index (χ1) is 7.65. The van der Waals surface area contributed by atoms with E-state index in [-0.39, 0.29) is 0 Å². The second-order valence-corrected chi connectivity index (χ2v) is 5.18. The van der Waals surface area contributed by atoms with E-state index in [1.54, 1.807) is 6.20 Å². The lowest BCUT2D eigenvalue weighted by Gasteiger charge is -2.30. The van der Waals surface area contributed by atoms with Crippen molar-refractivity contribution in [3.63, 3.8) is 0 Å². The average molecular weight is 285 g/mol. The quantitative estimate of drug-likeness (QED) is 0.872. The van der Waals surface area contributed by atoms with Gasteiger partial charge in [0.1, 0.15) is 5.82 Å². The highest BCUT2D eigenvalue weighted by molar-refractivity contribution is 9.10. The van der Waals surface area contributed by atoms with Crippen LogP contribution in [0.25, 0.3) is 0 Å². The van der Waals surface area contributed by atoms with Crippen molar-refractivity contribution >= 4 is 27.4 Å². The highest BCUT2D eigenvalue weighted by Gasteiger charge is 2.17. The highest BCUT2D eigenvalue weighted by atomic mass is 79.9. The van der Waals surface area contributed by atoms with Crippen LogP contribution in [0.3, 0.4) is 0 Å². The lowest BCUT2D eigenvalue weighted by molar-refractivity contribution is 0.263. The van der Waals surface area contributed by atoms with Crippen LogP contribution in [0.2, 0.25) is 0 Å². The van der Waals surface area contributed by atoms with Crippen LogP contribution in [0.4, 0.5) is 11.5 Å². The topological polar surface area (TPSA) is 54.2 Å². The summed E-state index contributed by atoms with van der Waals surface area (Å²) in [5.74, 6) is 0.892. The van der Waals surface area contributed by atoms with E-state index in [0.717, 1.165) is 36.2 Å². The molecule has 1 aromatic rings. The molecule has 4 nitrogen and oxygen atoms in total. The molecule has 2 heterocycles. The first-order valence-electron chi connectivity index (χ1n) is 5.51. The minimum Gasteiger partial charge on any atom is -0.397 e. The van der Waals surface area contributed by atoms with E-state index in [9.17, 15) is 0 Å². The molecule has 0 amide bonds. The van der Waals surface area contributed by atoms with E-state index >= 15 is 0 Å². The van der Waals surface area contributed by atoms with E-state index in [1.807, 2.05) is 6.07 Å². The lowest BCUT2D eigenvalue weighted by atomic mass is 10.1. The van der Waals surface area contributed by atoms with Gasteiger partial charge in [-0.25, -0.2) is 4.98 Å². The zero-order chi connectivity index (χ0) is 11.5. The van der Waals surface area contributed by atoms with Crippen LogP contribution in [0.5, 0.6) is 0 Å². The maximum absolute atomic E-state index is 5.65. The number of nitrogen functional groups attached to an aromatic ring is 1. The minimum absolute atomic E-state index is 0.517. The number of nitrogens with zero attached hydrogens (tertiary/aromatic N) is 2. The molecule has 0 atom stereocenters. The molecular formula is C11H17BrN4. The third-order valence-electron chi connectivity index (χ3n) is 2.92. The van der Waals surface area contributed by atoms with E-state index in [0.29, 0.717) is 11.7 Å². The van der Waals surface area contributed by atoms with Crippen LogP contribution in [-0.4, -0.2) is 36.1 Å². The maximum atomic E-state index is 5.65. The Labute approximate surface area is 104 Å². The number of nitrogens with one attached hydrogen (secondary N) is 1. The summed E-state index contributed by atoms with van der Waals surface area (Å²) in [5, 5.41) is 3.46. The summed E-state index contributed by atoms with van der Waals surface area (Å²) >= 11 is 3.47. The fourth-order valence-corrected chi connectivity index (χ4v) is 2.39. The number of anilines is 2. The highest BCUT2D eigenvalue weighted by Crippen LogP contribution is 2.24.